The van der Waals surface area contributed by atoms with Crippen molar-refractivity contribution in [3.8, 4) is 0 Å². The van der Waals surface area contributed by atoms with Gasteiger partial charge in [0.1, 0.15) is 5.84 Å². The molecule has 1 amide bonds. The zero-order valence-corrected chi connectivity index (χ0v) is 20.0. The number of carbonyl (C=O) groups is 1. The summed E-state index contributed by atoms with van der Waals surface area (Å²) in [5.41, 5.74) is 1.85. The van der Waals surface area contributed by atoms with Gasteiger partial charge < -0.3 is 10.6 Å². The molecule has 1 aromatic rings. The fourth-order valence-corrected chi connectivity index (χ4v) is 3.42. The van der Waals surface area contributed by atoms with Gasteiger partial charge in [-0.2, -0.15) is 0 Å². The average molecular weight is 426 g/mol. The molecule has 31 heavy (non-hydrogen) atoms. The Morgan fingerprint density at radius 1 is 0.871 bits per heavy atom. The van der Waals surface area contributed by atoms with Crippen LogP contribution in [0, 0.1) is 0 Å². The number of nitrogens with one attached hydrogen (secondary N) is 2. The first-order chi connectivity index (χ1) is 15.2. The van der Waals surface area contributed by atoms with E-state index in [4.69, 9.17) is 0 Å². The number of benzene rings is 1. The van der Waals surface area contributed by atoms with Crippen LogP contribution in [0.3, 0.4) is 0 Å². The van der Waals surface area contributed by atoms with Crippen molar-refractivity contribution in [1.82, 2.24) is 5.32 Å². The zero-order chi connectivity index (χ0) is 22.6. The van der Waals surface area contributed by atoms with Crippen molar-refractivity contribution in [2.24, 2.45) is 4.99 Å². The van der Waals surface area contributed by atoms with Crippen molar-refractivity contribution in [3.05, 3.63) is 54.1 Å². The van der Waals surface area contributed by atoms with Gasteiger partial charge in [-0.25, -0.2) is 0 Å². The maximum Gasteiger partial charge on any atom is 0.224 e. The Morgan fingerprint density at radius 3 is 2.10 bits per heavy atom. The van der Waals surface area contributed by atoms with Gasteiger partial charge in [0.2, 0.25) is 5.91 Å². The maximum atomic E-state index is 12.1. The van der Waals surface area contributed by atoms with Crippen LogP contribution < -0.4 is 10.6 Å². The molecule has 0 aliphatic carbocycles. The topological polar surface area (TPSA) is 53.5 Å². The Balaban J connectivity index is 2.03. The first kappa shape index (κ1) is 26.7. The molecule has 0 heterocycles. The van der Waals surface area contributed by atoms with Crippen molar-refractivity contribution < 1.29 is 4.79 Å². The summed E-state index contributed by atoms with van der Waals surface area (Å²) < 4.78 is 0. The summed E-state index contributed by atoms with van der Waals surface area (Å²) >= 11 is 0. The molecule has 4 nitrogen and oxygen atoms in total. The molecule has 0 atom stereocenters. The lowest BCUT2D eigenvalue weighted by atomic mass is 10.1. The van der Waals surface area contributed by atoms with Crippen LogP contribution in [0.15, 0.2) is 53.6 Å². The van der Waals surface area contributed by atoms with E-state index in [0.717, 1.165) is 42.8 Å². The molecule has 0 unspecified atom stereocenters. The summed E-state index contributed by atoms with van der Waals surface area (Å²) in [7, 11) is 3.61. The van der Waals surface area contributed by atoms with Crippen molar-refractivity contribution in [2.45, 2.75) is 84.0 Å². The third-order valence-electron chi connectivity index (χ3n) is 5.26. The molecule has 0 aliphatic rings. The van der Waals surface area contributed by atoms with E-state index in [0.29, 0.717) is 6.42 Å². The van der Waals surface area contributed by atoms with Crippen LogP contribution in [0.1, 0.15) is 89.5 Å². The van der Waals surface area contributed by atoms with E-state index in [9.17, 15) is 4.79 Å². The summed E-state index contributed by atoms with van der Waals surface area (Å²) in [6, 6.07) is 7.77. The second-order valence-corrected chi connectivity index (χ2v) is 7.93. The van der Waals surface area contributed by atoms with Gasteiger partial charge in [0.25, 0.3) is 0 Å². The molecule has 0 radical (unpaired) electrons. The Hall–Kier alpha value is -2.36. The predicted octanol–water partition coefficient (Wildman–Crippen LogP) is 7.03. The van der Waals surface area contributed by atoms with Gasteiger partial charge >= 0.3 is 0 Å². The van der Waals surface area contributed by atoms with Gasteiger partial charge in [-0.05, 0) is 62.8 Å². The number of rotatable bonds is 16. The van der Waals surface area contributed by atoms with Gasteiger partial charge in [-0.15, -0.1) is 0 Å². The van der Waals surface area contributed by atoms with Crippen molar-refractivity contribution in [2.75, 3.05) is 19.4 Å². The SMILES string of the molecule is CCCCC/C=C\C/C=C\CCCCCCCC(=O)Nc1ccc(C(=NC)NC)cc1. The fourth-order valence-electron chi connectivity index (χ4n) is 3.42. The van der Waals surface area contributed by atoms with Gasteiger partial charge in [0, 0.05) is 31.8 Å². The van der Waals surface area contributed by atoms with E-state index in [-0.39, 0.29) is 5.91 Å². The number of aliphatic imine (C=N–C) groups is 1. The smallest absolute Gasteiger partial charge is 0.224 e. The largest absolute Gasteiger partial charge is 0.373 e. The van der Waals surface area contributed by atoms with E-state index in [1.165, 1.54) is 44.9 Å². The molecule has 0 fully saturated rings. The summed E-state index contributed by atoms with van der Waals surface area (Å²) in [4.78, 5) is 16.3. The highest BCUT2D eigenvalue weighted by Crippen LogP contribution is 2.12. The molecule has 0 saturated carbocycles. The molecular weight excluding hydrogens is 382 g/mol. The highest BCUT2D eigenvalue weighted by molar-refractivity contribution is 5.99. The molecule has 4 heteroatoms. The van der Waals surface area contributed by atoms with Gasteiger partial charge in [0.05, 0.1) is 0 Å². The van der Waals surface area contributed by atoms with Gasteiger partial charge in [-0.3, -0.25) is 9.79 Å². The Morgan fingerprint density at radius 2 is 1.48 bits per heavy atom. The van der Waals surface area contributed by atoms with Gasteiger partial charge in [0.15, 0.2) is 0 Å². The van der Waals surface area contributed by atoms with E-state index in [1.807, 2.05) is 31.3 Å². The first-order valence-electron chi connectivity index (χ1n) is 12.1. The Bertz CT molecular complexity index is 674. The molecule has 2 N–H and O–H groups in total. The molecule has 0 spiro atoms. The van der Waals surface area contributed by atoms with Crippen LogP contribution >= 0.6 is 0 Å². The van der Waals surface area contributed by atoms with Crippen LogP contribution in [-0.4, -0.2) is 25.8 Å². The van der Waals surface area contributed by atoms with Crippen LogP contribution in [0.4, 0.5) is 5.69 Å². The number of amides is 1. The summed E-state index contributed by atoms with van der Waals surface area (Å²) in [6.45, 7) is 2.24. The Labute approximate surface area is 190 Å². The van der Waals surface area contributed by atoms with Crippen molar-refractivity contribution in [3.63, 3.8) is 0 Å². The predicted molar refractivity (Wildman–Crippen MR) is 136 cm³/mol. The molecule has 172 valence electrons. The number of hydrogen-bond acceptors (Lipinski definition) is 2. The summed E-state index contributed by atoms with van der Waals surface area (Å²) in [5, 5.41) is 6.04. The third kappa shape index (κ3) is 13.5. The molecule has 0 saturated heterocycles. The number of carbonyl (C=O) groups excluding carboxylic acids is 1. The monoisotopic (exact) mass is 425 g/mol. The number of allylic oxidation sites excluding steroid dienone is 4. The number of hydrogen-bond donors (Lipinski definition) is 2. The molecule has 0 aromatic heterocycles. The van der Waals surface area contributed by atoms with Crippen LogP contribution in [0.5, 0.6) is 0 Å². The minimum Gasteiger partial charge on any atom is -0.373 e. The van der Waals surface area contributed by atoms with Crippen LogP contribution in [-0.2, 0) is 4.79 Å². The lowest BCUT2D eigenvalue weighted by molar-refractivity contribution is -0.116. The number of unbranched alkanes of at least 4 members (excludes halogenated alkanes) is 8. The molecular formula is C27H43N3O. The average Bonchev–Trinajstić information content (AvgIpc) is 2.78. The Kier molecular flexibility index (Phi) is 15.8. The fraction of sp³-hybridized carbons (Fsp3) is 0.556. The zero-order valence-electron chi connectivity index (χ0n) is 20.0. The quantitative estimate of drug-likeness (QED) is 0.129. The second kappa shape index (κ2) is 18.4. The molecule has 1 rings (SSSR count). The highest BCUT2D eigenvalue weighted by Gasteiger charge is 2.04. The summed E-state index contributed by atoms with van der Waals surface area (Å²) in [5.74, 6) is 0.930. The maximum absolute atomic E-state index is 12.1. The standard InChI is InChI=1S/C27H43N3O/c1-4-5-6-7-8-9-10-11-12-13-14-15-16-17-18-19-26(31)30-25-22-20-24(21-23-25)27(28-2)29-3/h8-9,11-12,20-23H,4-7,10,13-19H2,1-3H3,(H,28,29)(H,30,31)/b9-8-,12-11-. The molecule has 0 aliphatic heterocycles. The number of anilines is 1. The van der Waals surface area contributed by atoms with E-state index in [2.05, 4.69) is 46.9 Å². The van der Waals surface area contributed by atoms with Crippen LogP contribution in [0.25, 0.3) is 0 Å². The third-order valence-corrected chi connectivity index (χ3v) is 5.26. The molecule has 0 bridgehead atoms. The van der Waals surface area contributed by atoms with E-state index >= 15 is 0 Å². The number of amidine groups is 1. The van der Waals surface area contributed by atoms with Gasteiger partial charge in [-0.1, -0.05) is 63.3 Å². The summed E-state index contributed by atoms with van der Waals surface area (Å²) in [6.07, 6.45) is 22.9. The lowest BCUT2D eigenvalue weighted by Gasteiger charge is -2.08. The number of nitrogens with zero attached hydrogens (tertiary/aromatic N) is 1. The lowest BCUT2D eigenvalue weighted by Crippen LogP contribution is -2.19. The first-order valence-corrected chi connectivity index (χ1v) is 12.1. The van der Waals surface area contributed by atoms with E-state index in [1.54, 1.807) is 7.05 Å². The van der Waals surface area contributed by atoms with Crippen LogP contribution in [0.2, 0.25) is 0 Å². The van der Waals surface area contributed by atoms with Crippen molar-refractivity contribution >= 4 is 17.4 Å². The second-order valence-electron chi connectivity index (χ2n) is 7.93. The minimum atomic E-state index is 0.0939. The minimum absolute atomic E-state index is 0.0939. The van der Waals surface area contributed by atoms with Crippen molar-refractivity contribution in [1.29, 1.82) is 0 Å². The highest BCUT2D eigenvalue weighted by atomic mass is 16.1. The molecule has 1 aromatic carbocycles. The normalized spacial score (nSPS) is 12.0. The van der Waals surface area contributed by atoms with E-state index < -0.39 is 0 Å².